The smallest absolute Gasteiger partial charge is 0.321 e. The fourth-order valence-corrected chi connectivity index (χ4v) is 2.91. The number of carbonyl (C=O) groups is 1. The summed E-state index contributed by atoms with van der Waals surface area (Å²) in [5.41, 5.74) is 3.06. The van der Waals surface area contributed by atoms with E-state index >= 15 is 0 Å². The van der Waals surface area contributed by atoms with Crippen LogP contribution in [0.2, 0.25) is 0 Å². The van der Waals surface area contributed by atoms with Gasteiger partial charge in [-0.15, -0.1) is 10.2 Å². The lowest BCUT2D eigenvalue weighted by molar-refractivity contribution is 0.188. The van der Waals surface area contributed by atoms with Crippen molar-refractivity contribution in [1.29, 1.82) is 0 Å². The first-order valence-corrected chi connectivity index (χ1v) is 8.22. The Balaban J connectivity index is 1.55. The maximum Gasteiger partial charge on any atom is 0.321 e. The van der Waals surface area contributed by atoms with Gasteiger partial charge in [0.05, 0.1) is 13.7 Å². The average molecular weight is 342 g/mol. The summed E-state index contributed by atoms with van der Waals surface area (Å²) in [5, 5.41) is 10.8. The number of aryl methyl sites for hydroxylation is 2. The largest absolute Gasteiger partial charge is 0.480 e. The number of nitrogens with one attached hydrogen (secondary N) is 1. The highest BCUT2D eigenvalue weighted by atomic mass is 16.5. The predicted octanol–water partition coefficient (Wildman–Crippen LogP) is 2.79. The Bertz CT molecular complexity index is 728. The highest BCUT2D eigenvalue weighted by molar-refractivity contribution is 5.89. The number of nitrogens with zero attached hydrogens (tertiary/aromatic N) is 3. The summed E-state index contributed by atoms with van der Waals surface area (Å²) < 4.78 is 10.8. The summed E-state index contributed by atoms with van der Waals surface area (Å²) in [5.74, 6) is 0.871. The Morgan fingerprint density at radius 3 is 2.48 bits per heavy atom. The van der Waals surface area contributed by atoms with Gasteiger partial charge < -0.3 is 19.7 Å². The van der Waals surface area contributed by atoms with E-state index in [1.54, 1.807) is 17.0 Å². The topological polar surface area (TPSA) is 76.6 Å². The van der Waals surface area contributed by atoms with Crippen molar-refractivity contribution in [3.8, 4) is 11.8 Å². The van der Waals surface area contributed by atoms with E-state index in [0.29, 0.717) is 24.8 Å². The second-order valence-electron chi connectivity index (χ2n) is 6.20. The number of benzene rings is 1. The molecule has 1 atom stereocenters. The van der Waals surface area contributed by atoms with Crippen molar-refractivity contribution in [1.82, 2.24) is 15.1 Å². The molecule has 2 heterocycles. The van der Waals surface area contributed by atoms with E-state index in [1.807, 2.05) is 26.0 Å². The predicted molar refractivity (Wildman–Crippen MR) is 94.1 cm³/mol. The van der Waals surface area contributed by atoms with Crippen molar-refractivity contribution in [3.63, 3.8) is 0 Å². The van der Waals surface area contributed by atoms with Crippen LogP contribution in [0.1, 0.15) is 17.5 Å². The number of carbonyl (C=O) groups excluding carboxylic acids is 1. The van der Waals surface area contributed by atoms with Gasteiger partial charge in [-0.1, -0.05) is 6.07 Å². The molecule has 2 amide bonds. The monoisotopic (exact) mass is 342 g/mol. The van der Waals surface area contributed by atoms with Gasteiger partial charge in [0.25, 0.3) is 0 Å². The maximum absolute atomic E-state index is 12.4. The molecule has 7 heteroatoms. The number of hydrogen-bond donors (Lipinski definition) is 1. The third-order valence-electron chi connectivity index (χ3n) is 4.02. The van der Waals surface area contributed by atoms with Crippen LogP contribution in [-0.2, 0) is 0 Å². The van der Waals surface area contributed by atoms with Gasteiger partial charge >= 0.3 is 6.03 Å². The second-order valence-corrected chi connectivity index (χ2v) is 6.20. The van der Waals surface area contributed by atoms with E-state index in [2.05, 4.69) is 21.6 Å². The number of anilines is 1. The number of rotatable bonds is 4. The van der Waals surface area contributed by atoms with Crippen LogP contribution in [0.15, 0.2) is 30.3 Å². The normalized spacial score (nSPS) is 16.6. The van der Waals surface area contributed by atoms with Gasteiger partial charge in [0.1, 0.15) is 6.10 Å². The van der Waals surface area contributed by atoms with Gasteiger partial charge in [0.2, 0.25) is 11.8 Å². The maximum atomic E-state index is 12.4. The fraction of sp³-hybridized carbons (Fsp3) is 0.389. The molecule has 0 radical (unpaired) electrons. The van der Waals surface area contributed by atoms with Gasteiger partial charge in [-0.2, -0.15) is 0 Å². The van der Waals surface area contributed by atoms with E-state index < -0.39 is 0 Å². The van der Waals surface area contributed by atoms with Crippen LogP contribution in [0.4, 0.5) is 10.5 Å². The number of hydrogen-bond acceptors (Lipinski definition) is 5. The SMILES string of the molecule is COc1ccc(OC2CCN(C(=O)Nc3cc(C)cc(C)c3)C2)nn1. The summed E-state index contributed by atoms with van der Waals surface area (Å²) >= 11 is 0. The van der Waals surface area contributed by atoms with Crippen molar-refractivity contribution < 1.29 is 14.3 Å². The van der Waals surface area contributed by atoms with E-state index in [1.165, 1.54) is 7.11 Å². The van der Waals surface area contributed by atoms with Crippen LogP contribution >= 0.6 is 0 Å². The fourth-order valence-electron chi connectivity index (χ4n) is 2.91. The van der Waals surface area contributed by atoms with E-state index in [-0.39, 0.29) is 12.1 Å². The van der Waals surface area contributed by atoms with Crippen LogP contribution in [-0.4, -0.2) is 47.4 Å². The highest BCUT2D eigenvalue weighted by Crippen LogP contribution is 2.19. The molecular formula is C18H22N4O3. The molecule has 1 fully saturated rings. The van der Waals surface area contributed by atoms with Crippen LogP contribution in [0, 0.1) is 13.8 Å². The summed E-state index contributed by atoms with van der Waals surface area (Å²) in [6.07, 6.45) is 0.668. The summed E-state index contributed by atoms with van der Waals surface area (Å²) in [4.78, 5) is 14.2. The first-order valence-electron chi connectivity index (χ1n) is 8.22. The molecule has 1 N–H and O–H groups in total. The quantitative estimate of drug-likeness (QED) is 0.924. The molecule has 7 nitrogen and oxygen atoms in total. The Labute approximate surface area is 147 Å². The number of amides is 2. The van der Waals surface area contributed by atoms with E-state index in [0.717, 1.165) is 23.2 Å². The van der Waals surface area contributed by atoms with Crippen LogP contribution in [0.5, 0.6) is 11.8 Å². The Kier molecular flexibility index (Phi) is 5.02. The Hall–Kier alpha value is -2.83. The molecule has 1 aliphatic rings. The van der Waals surface area contributed by atoms with Crippen molar-refractivity contribution in [3.05, 3.63) is 41.5 Å². The zero-order valence-corrected chi connectivity index (χ0v) is 14.7. The van der Waals surface area contributed by atoms with Crippen LogP contribution in [0.25, 0.3) is 0 Å². The molecule has 0 bridgehead atoms. The lowest BCUT2D eigenvalue weighted by Crippen LogP contribution is -2.34. The molecular weight excluding hydrogens is 320 g/mol. The van der Waals surface area contributed by atoms with E-state index in [4.69, 9.17) is 9.47 Å². The second kappa shape index (κ2) is 7.38. The summed E-state index contributed by atoms with van der Waals surface area (Å²) in [6, 6.07) is 9.29. The number of urea groups is 1. The third kappa shape index (κ3) is 4.37. The average Bonchev–Trinajstić information content (AvgIpc) is 3.03. The molecule has 3 rings (SSSR count). The lowest BCUT2D eigenvalue weighted by Gasteiger charge is -2.18. The number of methoxy groups -OCH3 is 1. The molecule has 0 aliphatic carbocycles. The van der Waals surface area contributed by atoms with E-state index in [9.17, 15) is 4.79 Å². The minimum Gasteiger partial charge on any atom is -0.480 e. The van der Waals surface area contributed by atoms with Crippen molar-refractivity contribution in [2.45, 2.75) is 26.4 Å². The molecule has 1 saturated heterocycles. The van der Waals surface area contributed by atoms with Gasteiger partial charge in [-0.05, 0) is 37.1 Å². The van der Waals surface area contributed by atoms with Crippen LogP contribution in [0.3, 0.4) is 0 Å². The first kappa shape index (κ1) is 17.0. The Morgan fingerprint density at radius 2 is 1.84 bits per heavy atom. The van der Waals surface area contributed by atoms with Crippen LogP contribution < -0.4 is 14.8 Å². The molecule has 0 saturated carbocycles. The van der Waals surface area contributed by atoms with Crippen molar-refractivity contribution in [2.24, 2.45) is 0 Å². The molecule has 25 heavy (non-hydrogen) atoms. The third-order valence-corrected chi connectivity index (χ3v) is 4.02. The van der Waals surface area contributed by atoms with Gasteiger partial charge in [0, 0.05) is 30.8 Å². The van der Waals surface area contributed by atoms with Gasteiger partial charge in [-0.25, -0.2) is 4.79 Å². The molecule has 1 aliphatic heterocycles. The van der Waals surface area contributed by atoms with Crippen molar-refractivity contribution in [2.75, 3.05) is 25.5 Å². The number of likely N-dealkylation sites (tertiary alicyclic amines) is 1. The van der Waals surface area contributed by atoms with Gasteiger partial charge in [0.15, 0.2) is 0 Å². The zero-order valence-electron chi connectivity index (χ0n) is 14.7. The number of aromatic nitrogens is 2. The summed E-state index contributed by atoms with van der Waals surface area (Å²) in [6.45, 7) is 5.19. The minimum absolute atomic E-state index is 0.0901. The molecule has 1 aromatic carbocycles. The molecule has 1 aromatic heterocycles. The molecule has 0 spiro atoms. The molecule has 132 valence electrons. The summed E-state index contributed by atoms with van der Waals surface area (Å²) in [7, 11) is 1.54. The zero-order chi connectivity index (χ0) is 17.8. The van der Waals surface area contributed by atoms with Gasteiger partial charge in [-0.3, -0.25) is 0 Å². The minimum atomic E-state index is -0.114. The highest BCUT2D eigenvalue weighted by Gasteiger charge is 2.28. The number of ether oxygens (including phenoxy) is 2. The molecule has 2 aromatic rings. The first-order chi connectivity index (χ1) is 12.0. The standard InChI is InChI=1S/C18H22N4O3/c1-12-8-13(2)10-14(9-12)19-18(23)22-7-6-15(11-22)25-17-5-4-16(24-3)20-21-17/h4-5,8-10,15H,6-7,11H2,1-3H3,(H,19,23). The van der Waals surface area contributed by atoms with Crippen molar-refractivity contribution >= 4 is 11.7 Å². The molecule has 1 unspecified atom stereocenters. The lowest BCUT2D eigenvalue weighted by atomic mass is 10.1. The Morgan fingerprint density at radius 1 is 1.16 bits per heavy atom.